The first kappa shape index (κ1) is 17.8. The van der Waals surface area contributed by atoms with Crippen LogP contribution < -0.4 is 0 Å². The van der Waals surface area contributed by atoms with Crippen LogP contribution in [0.2, 0.25) is 10.0 Å². The fourth-order valence-corrected chi connectivity index (χ4v) is 2.76. The Labute approximate surface area is 149 Å². The highest BCUT2D eigenvalue weighted by molar-refractivity contribution is 7.98. The molecule has 0 radical (unpaired) electrons. The SMILES string of the molecule is CSc1nccc(C(=CN(C)C)C(=O)c2ccc(Cl)cc2Cl)n1. The van der Waals surface area contributed by atoms with Crippen molar-refractivity contribution in [2.45, 2.75) is 5.16 Å². The van der Waals surface area contributed by atoms with Crippen LogP contribution in [0.15, 0.2) is 41.8 Å². The Balaban J connectivity index is 2.52. The minimum Gasteiger partial charge on any atom is -0.383 e. The molecule has 2 aromatic rings. The van der Waals surface area contributed by atoms with E-state index in [1.54, 1.807) is 41.6 Å². The van der Waals surface area contributed by atoms with Crippen molar-refractivity contribution in [1.82, 2.24) is 14.9 Å². The minimum atomic E-state index is -0.217. The molecular weight excluding hydrogens is 353 g/mol. The number of carbonyl (C=O) groups is 1. The Kier molecular flexibility index (Phi) is 6.04. The number of halogens is 2. The quantitative estimate of drug-likeness (QED) is 0.341. The predicted octanol–water partition coefficient (Wildman–Crippen LogP) is 4.29. The summed E-state index contributed by atoms with van der Waals surface area (Å²) in [4.78, 5) is 23.3. The molecule has 0 saturated carbocycles. The molecule has 1 aromatic carbocycles. The molecule has 0 aliphatic rings. The zero-order valence-corrected chi connectivity index (χ0v) is 15.2. The molecule has 7 heteroatoms. The third kappa shape index (κ3) is 4.47. The summed E-state index contributed by atoms with van der Waals surface area (Å²) in [5, 5.41) is 1.39. The molecular formula is C16H15Cl2N3OS. The molecule has 23 heavy (non-hydrogen) atoms. The Morgan fingerprint density at radius 3 is 2.61 bits per heavy atom. The third-order valence-electron chi connectivity index (χ3n) is 2.90. The summed E-state index contributed by atoms with van der Waals surface area (Å²) in [5.41, 5.74) is 1.37. The second-order valence-electron chi connectivity index (χ2n) is 4.89. The summed E-state index contributed by atoms with van der Waals surface area (Å²) in [7, 11) is 3.68. The number of benzene rings is 1. The molecule has 0 fully saturated rings. The van der Waals surface area contributed by atoms with Crippen molar-refractivity contribution in [3.8, 4) is 0 Å². The number of nitrogens with zero attached hydrogens (tertiary/aromatic N) is 3. The maximum atomic E-state index is 12.9. The van der Waals surface area contributed by atoms with Gasteiger partial charge in [0.05, 0.1) is 16.3 Å². The molecule has 0 atom stereocenters. The van der Waals surface area contributed by atoms with Gasteiger partial charge in [0.15, 0.2) is 10.9 Å². The largest absolute Gasteiger partial charge is 0.383 e. The predicted molar refractivity (Wildman–Crippen MR) is 96.3 cm³/mol. The lowest BCUT2D eigenvalue weighted by atomic mass is 10.0. The van der Waals surface area contributed by atoms with E-state index < -0.39 is 0 Å². The van der Waals surface area contributed by atoms with Crippen molar-refractivity contribution in [3.63, 3.8) is 0 Å². The summed E-state index contributed by atoms with van der Waals surface area (Å²) in [5.74, 6) is -0.217. The number of Topliss-reactive ketones (excluding diaryl/α,β-unsaturated/α-hetero) is 1. The number of ketones is 1. The molecule has 0 saturated heterocycles. The average Bonchev–Trinajstić information content (AvgIpc) is 2.52. The lowest BCUT2D eigenvalue weighted by Gasteiger charge is -2.12. The van der Waals surface area contributed by atoms with E-state index in [0.717, 1.165) is 0 Å². The smallest absolute Gasteiger partial charge is 0.198 e. The molecule has 0 N–H and O–H groups in total. The van der Waals surface area contributed by atoms with E-state index in [2.05, 4.69) is 9.97 Å². The van der Waals surface area contributed by atoms with Crippen molar-refractivity contribution < 1.29 is 4.79 Å². The Bertz CT molecular complexity index is 763. The summed E-state index contributed by atoms with van der Waals surface area (Å²) in [6.07, 6.45) is 5.24. The number of rotatable bonds is 5. The van der Waals surface area contributed by atoms with E-state index in [9.17, 15) is 4.79 Å². The van der Waals surface area contributed by atoms with E-state index in [0.29, 0.717) is 32.0 Å². The molecule has 0 bridgehead atoms. The Morgan fingerprint density at radius 1 is 1.26 bits per heavy atom. The van der Waals surface area contributed by atoms with E-state index in [-0.39, 0.29) is 5.78 Å². The van der Waals surface area contributed by atoms with Crippen molar-refractivity contribution in [1.29, 1.82) is 0 Å². The molecule has 4 nitrogen and oxygen atoms in total. The van der Waals surface area contributed by atoms with Gasteiger partial charge in [-0.05, 0) is 30.5 Å². The van der Waals surface area contributed by atoms with E-state index in [4.69, 9.17) is 23.2 Å². The summed E-state index contributed by atoms with van der Waals surface area (Å²) in [6.45, 7) is 0. The first-order valence-electron chi connectivity index (χ1n) is 6.67. The van der Waals surface area contributed by atoms with Gasteiger partial charge in [0.1, 0.15) is 0 Å². The summed E-state index contributed by atoms with van der Waals surface area (Å²) >= 11 is 13.5. The number of carbonyl (C=O) groups excluding carboxylic acids is 1. The standard InChI is InChI=1S/C16H15Cl2N3OS/c1-21(2)9-12(14-6-7-19-16(20-14)23-3)15(22)11-5-4-10(17)8-13(11)18/h4-9H,1-3H3. The molecule has 2 rings (SSSR count). The highest BCUT2D eigenvalue weighted by Gasteiger charge is 2.19. The monoisotopic (exact) mass is 367 g/mol. The van der Waals surface area contributed by atoms with Gasteiger partial charge in [0.2, 0.25) is 0 Å². The van der Waals surface area contributed by atoms with Crippen molar-refractivity contribution in [2.24, 2.45) is 0 Å². The zero-order valence-electron chi connectivity index (χ0n) is 12.9. The maximum Gasteiger partial charge on any atom is 0.198 e. The second-order valence-corrected chi connectivity index (χ2v) is 6.51. The van der Waals surface area contributed by atoms with Gasteiger partial charge in [0, 0.05) is 37.1 Å². The highest BCUT2D eigenvalue weighted by atomic mass is 35.5. The van der Waals surface area contributed by atoms with Crippen molar-refractivity contribution >= 4 is 46.3 Å². The van der Waals surface area contributed by atoms with Gasteiger partial charge in [0.25, 0.3) is 0 Å². The van der Waals surface area contributed by atoms with Crippen LogP contribution in [0.4, 0.5) is 0 Å². The molecule has 120 valence electrons. The fraction of sp³-hybridized carbons (Fsp3) is 0.188. The van der Waals surface area contributed by atoms with Crippen LogP contribution in [0.1, 0.15) is 16.1 Å². The Hall–Kier alpha value is -1.56. The first-order valence-corrected chi connectivity index (χ1v) is 8.66. The fourth-order valence-electron chi connectivity index (χ4n) is 1.91. The topological polar surface area (TPSA) is 46.1 Å². The van der Waals surface area contributed by atoms with E-state index in [1.165, 1.54) is 11.8 Å². The zero-order chi connectivity index (χ0) is 17.0. The number of hydrogen-bond acceptors (Lipinski definition) is 5. The molecule has 0 unspecified atom stereocenters. The molecule has 0 aliphatic heterocycles. The Morgan fingerprint density at radius 2 is 2.00 bits per heavy atom. The first-order chi connectivity index (χ1) is 10.9. The number of aromatic nitrogens is 2. The molecule has 1 heterocycles. The van der Waals surface area contributed by atoms with Crippen molar-refractivity contribution in [3.05, 3.63) is 58.0 Å². The normalized spacial score (nSPS) is 11.4. The molecule has 1 aromatic heterocycles. The number of thioether (sulfide) groups is 1. The summed E-state index contributed by atoms with van der Waals surface area (Å²) in [6, 6.07) is 6.52. The van der Waals surface area contributed by atoms with Gasteiger partial charge in [-0.3, -0.25) is 4.79 Å². The lowest BCUT2D eigenvalue weighted by molar-refractivity contribution is 0.105. The van der Waals surface area contributed by atoms with Gasteiger partial charge >= 0.3 is 0 Å². The molecule has 0 amide bonds. The molecule has 0 aliphatic carbocycles. The highest BCUT2D eigenvalue weighted by Crippen LogP contribution is 2.27. The van der Waals surface area contributed by atoms with Crippen LogP contribution in [-0.2, 0) is 0 Å². The lowest BCUT2D eigenvalue weighted by Crippen LogP contribution is -2.11. The minimum absolute atomic E-state index is 0.217. The van der Waals surface area contributed by atoms with Gasteiger partial charge in [-0.2, -0.15) is 0 Å². The maximum absolute atomic E-state index is 12.9. The van der Waals surface area contributed by atoms with E-state index >= 15 is 0 Å². The third-order valence-corrected chi connectivity index (χ3v) is 4.01. The van der Waals surface area contributed by atoms with Crippen LogP contribution in [0.25, 0.3) is 5.57 Å². The van der Waals surface area contributed by atoms with Crippen LogP contribution >= 0.6 is 35.0 Å². The summed E-state index contributed by atoms with van der Waals surface area (Å²) < 4.78 is 0. The van der Waals surface area contributed by atoms with Gasteiger partial charge in [-0.25, -0.2) is 9.97 Å². The van der Waals surface area contributed by atoms with Crippen LogP contribution in [0.5, 0.6) is 0 Å². The van der Waals surface area contributed by atoms with Gasteiger partial charge < -0.3 is 4.90 Å². The van der Waals surface area contributed by atoms with E-state index in [1.807, 2.05) is 20.4 Å². The molecule has 0 spiro atoms. The number of hydrogen-bond donors (Lipinski definition) is 0. The number of allylic oxidation sites excluding steroid dienone is 1. The van der Waals surface area contributed by atoms with Crippen LogP contribution in [-0.4, -0.2) is 41.0 Å². The van der Waals surface area contributed by atoms with Crippen molar-refractivity contribution in [2.75, 3.05) is 20.4 Å². The average molecular weight is 368 g/mol. The second kappa shape index (κ2) is 7.81. The van der Waals surface area contributed by atoms with Gasteiger partial charge in [-0.1, -0.05) is 35.0 Å². The van der Waals surface area contributed by atoms with Crippen LogP contribution in [0, 0.1) is 0 Å². The van der Waals surface area contributed by atoms with Gasteiger partial charge in [-0.15, -0.1) is 0 Å². The van der Waals surface area contributed by atoms with Crippen LogP contribution in [0.3, 0.4) is 0 Å².